The SMILES string of the molecule is C=CCN(C(=O)C(CCSC)NC(=O)OC(C)(C)C)C(C(=O)NCc1ccccc1)c1cc(C)ccc1C. The Bertz CT molecular complexity index is 1100. The molecule has 0 saturated heterocycles. The smallest absolute Gasteiger partial charge is 0.408 e. The van der Waals surface area contributed by atoms with Crippen LogP contribution in [0, 0.1) is 13.8 Å². The van der Waals surface area contributed by atoms with E-state index in [0.717, 1.165) is 22.3 Å². The van der Waals surface area contributed by atoms with Crippen molar-refractivity contribution in [3.8, 4) is 0 Å². The number of amides is 3. The highest BCUT2D eigenvalue weighted by Gasteiger charge is 2.36. The second-order valence-electron chi connectivity index (χ2n) is 10.2. The summed E-state index contributed by atoms with van der Waals surface area (Å²) in [6, 6.07) is 13.7. The summed E-state index contributed by atoms with van der Waals surface area (Å²) in [7, 11) is 0. The molecule has 2 aromatic rings. The number of carbonyl (C=O) groups excluding carboxylic acids is 3. The molecule has 7 nitrogen and oxygen atoms in total. The maximum atomic E-state index is 14.0. The molecule has 8 heteroatoms. The van der Waals surface area contributed by atoms with Gasteiger partial charge in [-0.2, -0.15) is 11.8 Å². The highest BCUT2D eigenvalue weighted by atomic mass is 32.2. The fourth-order valence-electron chi connectivity index (χ4n) is 3.99. The number of benzene rings is 2. The maximum Gasteiger partial charge on any atom is 0.408 e. The molecule has 2 rings (SSSR count). The number of rotatable bonds is 12. The van der Waals surface area contributed by atoms with Crippen molar-refractivity contribution in [3.05, 3.63) is 83.4 Å². The van der Waals surface area contributed by atoms with Crippen LogP contribution in [-0.4, -0.2) is 53.0 Å². The number of carbonyl (C=O) groups is 3. The zero-order valence-electron chi connectivity index (χ0n) is 23.4. The summed E-state index contributed by atoms with van der Waals surface area (Å²) in [4.78, 5) is 42.0. The Balaban J connectivity index is 2.47. The minimum absolute atomic E-state index is 0.126. The van der Waals surface area contributed by atoms with E-state index in [4.69, 9.17) is 4.74 Å². The van der Waals surface area contributed by atoms with E-state index in [1.807, 2.05) is 68.6 Å². The molecule has 38 heavy (non-hydrogen) atoms. The molecule has 0 bridgehead atoms. The summed E-state index contributed by atoms with van der Waals surface area (Å²) in [6.45, 7) is 13.5. The quantitative estimate of drug-likeness (QED) is 0.357. The van der Waals surface area contributed by atoms with Gasteiger partial charge in [0.05, 0.1) is 0 Å². The summed E-state index contributed by atoms with van der Waals surface area (Å²) in [5, 5.41) is 5.75. The molecule has 2 atom stereocenters. The topological polar surface area (TPSA) is 87.7 Å². The third-order valence-corrected chi connectivity index (χ3v) is 6.45. The van der Waals surface area contributed by atoms with Crippen molar-refractivity contribution in [2.45, 2.75) is 65.3 Å². The van der Waals surface area contributed by atoms with Crippen molar-refractivity contribution >= 4 is 29.7 Å². The number of ether oxygens (including phenoxy) is 1. The van der Waals surface area contributed by atoms with Gasteiger partial charge in [-0.1, -0.05) is 60.2 Å². The van der Waals surface area contributed by atoms with Gasteiger partial charge in [-0.15, -0.1) is 6.58 Å². The molecule has 2 aromatic carbocycles. The minimum Gasteiger partial charge on any atom is -0.444 e. The van der Waals surface area contributed by atoms with Gasteiger partial charge in [-0.3, -0.25) is 9.59 Å². The first kappa shape index (κ1) is 31.0. The van der Waals surface area contributed by atoms with Crippen LogP contribution in [-0.2, 0) is 20.9 Å². The molecular weight excluding hydrogens is 498 g/mol. The van der Waals surface area contributed by atoms with E-state index in [9.17, 15) is 14.4 Å². The van der Waals surface area contributed by atoms with Crippen molar-refractivity contribution in [1.82, 2.24) is 15.5 Å². The molecule has 0 fully saturated rings. The summed E-state index contributed by atoms with van der Waals surface area (Å²) in [5.41, 5.74) is 2.83. The molecule has 3 amide bonds. The van der Waals surface area contributed by atoms with Gasteiger partial charge in [0, 0.05) is 13.1 Å². The largest absolute Gasteiger partial charge is 0.444 e. The van der Waals surface area contributed by atoms with Crippen molar-refractivity contribution in [3.63, 3.8) is 0 Å². The molecule has 206 valence electrons. The van der Waals surface area contributed by atoms with E-state index in [1.165, 1.54) is 4.90 Å². The second-order valence-corrected chi connectivity index (χ2v) is 11.2. The predicted molar refractivity (Wildman–Crippen MR) is 155 cm³/mol. The maximum absolute atomic E-state index is 14.0. The number of thioether (sulfide) groups is 1. The Kier molecular flexibility index (Phi) is 11.9. The number of hydrogen-bond donors (Lipinski definition) is 2. The average molecular weight is 540 g/mol. The number of nitrogens with zero attached hydrogens (tertiary/aromatic N) is 1. The zero-order valence-corrected chi connectivity index (χ0v) is 24.2. The van der Waals surface area contributed by atoms with Crippen molar-refractivity contribution < 1.29 is 19.1 Å². The molecule has 2 N–H and O–H groups in total. The molecule has 0 aliphatic carbocycles. The minimum atomic E-state index is -0.915. The standard InChI is InChI=1S/C30H41N3O4S/c1-8-17-33(28(35)25(16-18-38-7)32-29(36)37-30(4,5)6)26(24-19-21(2)14-15-22(24)3)27(34)31-20-23-12-10-9-11-13-23/h8-15,19,25-26H,1,16-18,20H2,2-7H3,(H,31,34)(H,32,36). The van der Waals surface area contributed by atoms with Gasteiger partial charge in [-0.25, -0.2) is 4.79 Å². The van der Waals surface area contributed by atoms with E-state index in [2.05, 4.69) is 17.2 Å². The molecule has 0 aromatic heterocycles. The van der Waals surface area contributed by atoms with Gasteiger partial charge in [0.2, 0.25) is 11.8 Å². The fourth-order valence-corrected chi connectivity index (χ4v) is 4.46. The molecule has 0 saturated carbocycles. The van der Waals surface area contributed by atoms with E-state index in [0.29, 0.717) is 18.7 Å². The van der Waals surface area contributed by atoms with Crippen LogP contribution in [0.15, 0.2) is 61.2 Å². The van der Waals surface area contributed by atoms with E-state index < -0.39 is 23.8 Å². The van der Waals surface area contributed by atoms with Crippen molar-refractivity contribution in [2.75, 3.05) is 18.6 Å². The number of nitrogens with one attached hydrogen (secondary N) is 2. The van der Waals surface area contributed by atoms with Gasteiger partial charge in [-0.05, 0) is 69.7 Å². The van der Waals surface area contributed by atoms with Gasteiger partial charge in [0.25, 0.3) is 0 Å². The van der Waals surface area contributed by atoms with Gasteiger partial charge in [0.1, 0.15) is 17.7 Å². The molecule has 0 heterocycles. The molecule has 0 radical (unpaired) electrons. The average Bonchev–Trinajstić information content (AvgIpc) is 2.86. The van der Waals surface area contributed by atoms with Crippen molar-refractivity contribution in [1.29, 1.82) is 0 Å². The van der Waals surface area contributed by atoms with Crippen LogP contribution in [0.1, 0.15) is 55.5 Å². The van der Waals surface area contributed by atoms with Gasteiger partial charge >= 0.3 is 6.09 Å². The first-order chi connectivity index (χ1) is 18.0. The van der Waals surface area contributed by atoms with Gasteiger partial charge in [0.15, 0.2) is 0 Å². The molecule has 0 spiro atoms. The van der Waals surface area contributed by atoms with Crippen LogP contribution in [0.2, 0.25) is 0 Å². The Morgan fingerprint density at radius 3 is 2.39 bits per heavy atom. The second kappa shape index (κ2) is 14.6. The lowest BCUT2D eigenvalue weighted by Gasteiger charge is -2.34. The monoisotopic (exact) mass is 539 g/mol. The highest BCUT2D eigenvalue weighted by Crippen LogP contribution is 2.27. The lowest BCUT2D eigenvalue weighted by atomic mass is 9.96. The third kappa shape index (κ3) is 9.56. The van der Waals surface area contributed by atoms with Crippen LogP contribution in [0.3, 0.4) is 0 Å². The first-order valence-corrected chi connectivity index (χ1v) is 14.1. The molecule has 0 aliphatic heterocycles. The Morgan fingerprint density at radius 1 is 1.11 bits per heavy atom. The number of aryl methyl sites for hydroxylation is 2. The van der Waals surface area contributed by atoms with Crippen LogP contribution in [0.25, 0.3) is 0 Å². The van der Waals surface area contributed by atoms with Crippen LogP contribution < -0.4 is 10.6 Å². The van der Waals surface area contributed by atoms with E-state index in [-0.39, 0.29) is 18.4 Å². The number of alkyl carbamates (subject to hydrolysis) is 1. The Hall–Kier alpha value is -3.26. The third-order valence-electron chi connectivity index (χ3n) is 5.81. The van der Waals surface area contributed by atoms with Crippen LogP contribution >= 0.6 is 11.8 Å². The highest BCUT2D eigenvalue weighted by molar-refractivity contribution is 7.98. The normalized spacial score (nSPS) is 12.7. The number of hydrogen-bond acceptors (Lipinski definition) is 5. The van der Waals surface area contributed by atoms with Crippen molar-refractivity contribution in [2.24, 2.45) is 0 Å². The fraction of sp³-hybridized carbons (Fsp3) is 0.433. The lowest BCUT2D eigenvalue weighted by molar-refractivity contribution is -0.142. The van der Waals surface area contributed by atoms with Crippen LogP contribution in [0.5, 0.6) is 0 Å². The van der Waals surface area contributed by atoms with Crippen LogP contribution in [0.4, 0.5) is 4.79 Å². The molecule has 0 aliphatic rings. The lowest BCUT2D eigenvalue weighted by Crippen LogP contribution is -2.53. The summed E-state index contributed by atoms with van der Waals surface area (Å²) in [5.74, 6) is -0.0353. The van der Waals surface area contributed by atoms with E-state index >= 15 is 0 Å². The molecule has 2 unspecified atom stereocenters. The first-order valence-electron chi connectivity index (χ1n) is 12.8. The molecular formula is C30H41N3O4S. The summed E-state index contributed by atoms with van der Waals surface area (Å²) < 4.78 is 5.43. The summed E-state index contributed by atoms with van der Waals surface area (Å²) in [6.07, 6.45) is 3.25. The Labute approximate surface area is 231 Å². The van der Waals surface area contributed by atoms with E-state index in [1.54, 1.807) is 38.6 Å². The Morgan fingerprint density at radius 2 is 1.79 bits per heavy atom. The predicted octanol–water partition coefficient (Wildman–Crippen LogP) is 5.32. The zero-order chi connectivity index (χ0) is 28.3. The summed E-state index contributed by atoms with van der Waals surface area (Å²) >= 11 is 1.57. The van der Waals surface area contributed by atoms with Gasteiger partial charge < -0.3 is 20.3 Å².